The van der Waals surface area contributed by atoms with E-state index < -0.39 is 17.7 Å². The Kier molecular flexibility index (Phi) is 5.98. The summed E-state index contributed by atoms with van der Waals surface area (Å²) in [7, 11) is 0. The van der Waals surface area contributed by atoms with Gasteiger partial charge in [-0.25, -0.2) is 0 Å². The molecule has 0 saturated carbocycles. The molecule has 1 aromatic carbocycles. The first-order valence-electron chi connectivity index (χ1n) is 10.9. The van der Waals surface area contributed by atoms with Gasteiger partial charge < -0.3 is 10.0 Å². The Morgan fingerprint density at radius 1 is 1.10 bits per heavy atom. The lowest BCUT2D eigenvalue weighted by Crippen LogP contribution is -2.31. The predicted octanol–water partition coefficient (Wildman–Crippen LogP) is 4.57. The van der Waals surface area contributed by atoms with Gasteiger partial charge in [0.05, 0.1) is 11.3 Å². The molecule has 1 aromatic heterocycles. The third-order valence-electron chi connectivity index (χ3n) is 6.13. The van der Waals surface area contributed by atoms with Crippen molar-refractivity contribution in [3.05, 3.63) is 70.6 Å². The lowest BCUT2D eigenvalue weighted by atomic mass is 9.89. The van der Waals surface area contributed by atoms with E-state index in [1.54, 1.807) is 17.2 Å². The van der Waals surface area contributed by atoms with Crippen molar-refractivity contribution in [2.24, 2.45) is 0 Å². The number of rotatable bonds is 6. The van der Waals surface area contributed by atoms with Crippen molar-refractivity contribution in [3.8, 4) is 0 Å². The normalized spacial score (nSPS) is 20.4. The Hall–Kier alpha value is -2.95. The summed E-state index contributed by atoms with van der Waals surface area (Å²) in [5, 5.41) is 11.2. The number of carbonyl (C=O) groups excluding carboxylic acids is 2. The van der Waals surface area contributed by atoms with E-state index >= 15 is 0 Å². The van der Waals surface area contributed by atoms with Gasteiger partial charge in [-0.05, 0) is 61.4 Å². The minimum atomic E-state index is -0.654. The number of aromatic nitrogens is 1. The molecule has 1 N–H and O–H groups in total. The number of aryl methyl sites for hydroxylation is 2. The zero-order valence-electron chi connectivity index (χ0n) is 17.4. The minimum Gasteiger partial charge on any atom is -0.507 e. The summed E-state index contributed by atoms with van der Waals surface area (Å²) in [4.78, 5) is 31.9. The maximum Gasteiger partial charge on any atom is 0.295 e. The van der Waals surface area contributed by atoms with E-state index in [-0.39, 0.29) is 11.3 Å². The molecule has 5 heteroatoms. The van der Waals surface area contributed by atoms with Crippen molar-refractivity contribution < 1.29 is 14.7 Å². The zero-order chi connectivity index (χ0) is 21.1. The topological polar surface area (TPSA) is 70.5 Å². The van der Waals surface area contributed by atoms with E-state index in [9.17, 15) is 14.7 Å². The molecular formula is C25H28N2O3. The van der Waals surface area contributed by atoms with Crippen LogP contribution in [0.25, 0.3) is 5.76 Å². The van der Waals surface area contributed by atoms with Crippen LogP contribution in [0.2, 0.25) is 0 Å². The maximum absolute atomic E-state index is 13.0. The molecule has 0 bridgehead atoms. The summed E-state index contributed by atoms with van der Waals surface area (Å²) in [6.07, 6.45) is 8.80. The standard InChI is InChI=1S/C25H28N2O3/c1-2-3-8-15-27-22(20-11-6-7-14-26-20)21(24(29)25(27)30)23(28)19-13-12-17-9-4-5-10-18(17)16-19/h6-7,11-14,16,22,28H,2-5,8-10,15H2,1H3/b23-21-. The Labute approximate surface area is 177 Å². The average Bonchev–Trinajstić information content (AvgIpc) is 3.04. The van der Waals surface area contributed by atoms with Crippen LogP contribution < -0.4 is 0 Å². The van der Waals surface area contributed by atoms with Crippen LogP contribution in [0, 0.1) is 0 Å². The SMILES string of the molecule is CCCCCN1C(=O)C(=O)/C(=C(\O)c2ccc3c(c2)CCCC3)C1c1ccccn1. The van der Waals surface area contributed by atoms with Gasteiger partial charge in [-0.15, -0.1) is 0 Å². The van der Waals surface area contributed by atoms with E-state index in [1.165, 1.54) is 17.5 Å². The van der Waals surface area contributed by atoms with E-state index in [0.717, 1.165) is 38.5 Å². The van der Waals surface area contributed by atoms with Crippen LogP contribution in [-0.4, -0.2) is 33.2 Å². The van der Waals surface area contributed by atoms with Crippen LogP contribution in [-0.2, 0) is 22.4 Å². The number of Topliss-reactive ketones (excluding diaryl/α,β-unsaturated/α-hetero) is 1. The minimum absolute atomic E-state index is 0.102. The van der Waals surface area contributed by atoms with Gasteiger partial charge in [0, 0.05) is 18.3 Å². The lowest BCUT2D eigenvalue weighted by Gasteiger charge is -2.24. The predicted molar refractivity (Wildman–Crippen MR) is 116 cm³/mol. The number of aliphatic hydroxyl groups excluding tert-OH is 1. The summed E-state index contributed by atoms with van der Waals surface area (Å²) in [5.74, 6) is -1.28. The summed E-state index contributed by atoms with van der Waals surface area (Å²) >= 11 is 0. The van der Waals surface area contributed by atoms with Gasteiger partial charge in [0.15, 0.2) is 0 Å². The molecule has 4 rings (SSSR count). The number of aliphatic hydroxyl groups is 1. The number of benzene rings is 1. The number of nitrogens with zero attached hydrogens (tertiary/aromatic N) is 2. The molecule has 30 heavy (non-hydrogen) atoms. The van der Waals surface area contributed by atoms with E-state index in [4.69, 9.17) is 0 Å². The fraction of sp³-hybridized carbons (Fsp3) is 0.400. The molecule has 1 aliphatic carbocycles. The lowest BCUT2D eigenvalue weighted by molar-refractivity contribution is -0.140. The van der Waals surface area contributed by atoms with E-state index in [2.05, 4.69) is 11.9 Å². The number of carbonyl (C=O) groups is 2. The first-order valence-corrected chi connectivity index (χ1v) is 10.9. The van der Waals surface area contributed by atoms with Crippen LogP contribution in [0.15, 0.2) is 48.2 Å². The van der Waals surface area contributed by atoms with Crippen molar-refractivity contribution in [1.82, 2.24) is 9.88 Å². The second-order valence-corrected chi connectivity index (χ2v) is 8.14. The summed E-state index contributed by atoms with van der Waals surface area (Å²) in [6.45, 7) is 2.57. The van der Waals surface area contributed by atoms with Gasteiger partial charge in [0.25, 0.3) is 11.7 Å². The highest BCUT2D eigenvalue weighted by atomic mass is 16.3. The number of fused-ring (bicyclic) bond motifs is 1. The van der Waals surface area contributed by atoms with Gasteiger partial charge in [-0.3, -0.25) is 14.6 Å². The molecule has 1 fully saturated rings. The Bertz CT molecular complexity index is 981. The van der Waals surface area contributed by atoms with Gasteiger partial charge >= 0.3 is 0 Å². The summed E-state index contributed by atoms with van der Waals surface area (Å²) in [6, 6.07) is 10.7. The smallest absolute Gasteiger partial charge is 0.295 e. The number of unbranched alkanes of at least 4 members (excludes halogenated alkanes) is 2. The first-order chi connectivity index (χ1) is 14.6. The second-order valence-electron chi connectivity index (χ2n) is 8.14. The molecule has 0 radical (unpaired) electrons. The van der Waals surface area contributed by atoms with E-state index in [0.29, 0.717) is 17.8 Å². The quantitative estimate of drug-likeness (QED) is 0.331. The van der Waals surface area contributed by atoms with Crippen molar-refractivity contribution in [2.75, 3.05) is 6.54 Å². The molecule has 1 atom stereocenters. The third kappa shape index (κ3) is 3.76. The van der Waals surface area contributed by atoms with Gasteiger partial charge in [0.1, 0.15) is 11.8 Å². The zero-order valence-corrected chi connectivity index (χ0v) is 17.4. The number of hydrogen-bond donors (Lipinski definition) is 1. The summed E-state index contributed by atoms with van der Waals surface area (Å²) in [5.41, 5.74) is 3.87. The van der Waals surface area contributed by atoms with Gasteiger partial charge in [-0.2, -0.15) is 0 Å². The Morgan fingerprint density at radius 3 is 2.63 bits per heavy atom. The molecule has 1 saturated heterocycles. The first kappa shape index (κ1) is 20.3. The molecule has 156 valence electrons. The Morgan fingerprint density at radius 2 is 1.90 bits per heavy atom. The number of ketones is 1. The second kappa shape index (κ2) is 8.82. The number of likely N-dealkylation sites (tertiary alicyclic amines) is 1. The molecular weight excluding hydrogens is 376 g/mol. The highest BCUT2D eigenvalue weighted by Crippen LogP contribution is 2.39. The van der Waals surface area contributed by atoms with Crippen LogP contribution in [0.5, 0.6) is 0 Å². The fourth-order valence-corrected chi connectivity index (χ4v) is 4.52. The number of hydrogen-bond acceptors (Lipinski definition) is 4. The van der Waals surface area contributed by atoms with Crippen molar-refractivity contribution in [3.63, 3.8) is 0 Å². The van der Waals surface area contributed by atoms with Gasteiger partial charge in [-0.1, -0.05) is 38.0 Å². The third-order valence-corrected chi connectivity index (χ3v) is 6.13. The van der Waals surface area contributed by atoms with Crippen LogP contribution >= 0.6 is 0 Å². The molecule has 1 aliphatic heterocycles. The molecule has 2 aliphatic rings. The number of pyridine rings is 1. The number of amides is 1. The Balaban J connectivity index is 1.79. The highest BCUT2D eigenvalue weighted by Gasteiger charge is 2.46. The monoisotopic (exact) mass is 404 g/mol. The fourth-order valence-electron chi connectivity index (χ4n) is 4.52. The van der Waals surface area contributed by atoms with Crippen molar-refractivity contribution in [2.45, 2.75) is 57.9 Å². The maximum atomic E-state index is 13.0. The average molecular weight is 405 g/mol. The summed E-state index contributed by atoms with van der Waals surface area (Å²) < 4.78 is 0. The largest absolute Gasteiger partial charge is 0.507 e. The van der Waals surface area contributed by atoms with Crippen LogP contribution in [0.3, 0.4) is 0 Å². The molecule has 1 unspecified atom stereocenters. The molecule has 2 heterocycles. The molecule has 0 spiro atoms. The van der Waals surface area contributed by atoms with Crippen LogP contribution in [0.1, 0.15) is 67.5 Å². The van der Waals surface area contributed by atoms with Gasteiger partial charge in [0.2, 0.25) is 0 Å². The van der Waals surface area contributed by atoms with E-state index in [1.807, 2.05) is 30.3 Å². The highest BCUT2D eigenvalue weighted by molar-refractivity contribution is 6.46. The molecule has 1 amide bonds. The van der Waals surface area contributed by atoms with Crippen LogP contribution in [0.4, 0.5) is 0 Å². The molecule has 5 nitrogen and oxygen atoms in total. The van der Waals surface area contributed by atoms with Crippen molar-refractivity contribution >= 4 is 17.4 Å². The molecule has 2 aromatic rings. The van der Waals surface area contributed by atoms with Crippen molar-refractivity contribution in [1.29, 1.82) is 0 Å².